The van der Waals surface area contributed by atoms with Gasteiger partial charge in [-0.1, -0.05) is 36.8 Å². The van der Waals surface area contributed by atoms with Crippen LogP contribution in [0.1, 0.15) is 65.2 Å². The van der Waals surface area contributed by atoms with Crippen molar-refractivity contribution in [2.45, 2.75) is 56.4 Å². The van der Waals surface area contributed by atoms with E-state index in [2.05, 4.69) is 17.4 Å². The second kappa shape index (κ2) is 8.28. The number of carbonyl (C=O) groups excluding carboxylic acids is 1. The van der Waals surface area contributed by atoms with Crippen molar-refractivity contribution in [3.05, 3.63) is 64.7 Å². The van der Waals surface area contributed by atoms with Crippen molar-refractivity contribution in [1.29, 1.82) is 0 Å². The molecule has 1 heterocycles. The van der Waals surface area contributed by atoms with Crippen LogP contribution in [0.15, 0.2) is 47.4 Å². The summed E-state index contributed by atoms with van der Waals surface area (Å²) in [4.78, 5) is 13.2. The summed E-state index contributed by atoms with van der Waals surface area (Å²) in [6, 6.07) is 13.2. The third-order valence-corrected chi connectivity index (χ3v) is 8.10. The number of hydrogen-bond acceptors (Lipinski definition) is 3. The predicted octanol–water partition coefficient (Wildman–Crippen LogP) is 3.98. The Hall–Kier alpha value is -2.18. The number of aryl methyl sites for hydroxylation is 2. The molecule has 1 N–H and O–H groups in total. The fourth-order valence-electron chi connectivity index (χ4n) is 4.41. The van der Waals surface area contributed by atoms with Crippen molar-refractivity contribution in [1.82, 2.24) is 9.62 Å². The van der Waals surface area contributed by atoms with E-state index in [4.69, 9.17) is 0 Å². The van der Waals surface area contributed by atoms with Crippen LogP contribution in [0.2, 0.25) is 0 Å². The van der Waals surface area contributed by atoms with Gasteiger partial charge in [-0.3, -0.25) is 4.79 Å². The minimum absolute atomic E-state index is 0.0316. The first kappa shape index (κ1) is 20.1. The van der Waals surface area contributed by atoms with Gasteiger partial charge in [0, 0.05) is 18.7 Å². The van der Waals surface area contributed by atoms with Gasteiger partial charge < -0.3 is 5.32 Å². The molecule has 6 heteroatoms. The van der Waals surface area contributed by atoms with Crippen LogP contribution >= 0.6 is 0 Å². The van der Waals surface area contributed by atoms with Gasteiger partial charge in [0.1, 0.15) is 0 Å². The molecule has 5 nitrogen and oxygen atoms in total. The van der Waals surface area contributed by atoms with E-state index in [9.17, 15) is 13.2 Å². The average molecular weight is 413 g/mol. The van der Waals surface area contributed by atoms with Gasteiger partial charge in [0.2, 0.25) is 10.0 Å². The van der Waals surface area contributed by atoms with E-state index in [0.29, 0.717) is 24.2 Å². The Morgan fingerprint density at radius 3 is 2.59 bits per heavy atom. The van der Waals surface area contributed by atoms with E-state index >= 15 is 0 Å². The first-order valence-corrected chi connectivity index (χ1v) is 11.9. The zero-order chi connectivity index (χ0) is 20.4. The van der Waals surface area contributed by atoms with E-state index in [1.807, 2.05) is 12.1 Å². The second-order valence-electron chi connectivity index (χ2n) is 8.06. The van der Waals surface area contributed by atoms with E-state index in [0.717, 1.165) is 38.5 Å². The summed E-state index contributed by atoms with van der Waals surface area (Å²) in [6.45, 7) is 2.89. The average Bonchev–Trinajstić information content (AvgIpc) is 2.75. The quantitative estimate of drug-likeness (QED) is 0.826. The maximum atomic E-state index is 13.1. The summed E-state index contributed by atoms with van der Waals surface area (Å²) >= 11 is 0. The van der Waals surface area contributed by atoms with Crippen molar-refractivity contribution in [2.24, 2.45) is 0 Å². The third kappa shape index (κ3) is 4.09. The Morgan fingerprint density at radius 1 is 1.03 bits per heavy atom. The van der Waals surface area contributed by atoms with Gasteiger partial charge in [-0.15, -0.1) is 0 Å². The van der Waals surface area contributed by atoms with E-state index in [1.165, 1.54) is 11.1 Å². The van der Waals surface area contributed by atoms with Gasteiger partial charge in [0.15, 0.2) is 0 Å². The van der Waals surface area contributed by atoms with Gasteiger partial charge >= 0.3 is 0 Å². The van der Waals surface area contributed by atoms with Crippen LogP contribution in [0.4, 0.5) is 0 Å². The molecule has 0 saturated carbocycles. The Labute approximate surface area is 173 Å². The van der Waals surface area contributed by atoms with Crippen molar-refractivity contribution >= 4 is 15.9 Å². The summed E-state index contributed by atoms with van der Waals surface area (Å²) in [7, 11) is -3.58. The highest BCUT2D eigenvalue weighted by molar-refractivity contribution is 7.89. The molecular weight excluding hydrogens is 384 g/mol. The second-order valence-corrected chi connectivity index (χ2v) is 9.97. The lowest BCUT2D eigenvalue weighted by molar-refractivity contribution is 0.0932. The molecule has 1 saturated heterocycles. The molecule has 1 fully saturated rings. The first-order chi connectivity index (χ1) is 14.0. The molecule has 0 radical (unpaired) electrons. The maximum Gasteiger partial charge on any atom is 0.251 e. The number of carbonyl (C=O) groups is 1. The van der Waals surface area contributed by atoms with Crippen molar-refractivity contribution in [3.63, 3.8) is 0 Å². The molecule has 0 aromatic heterocycles. The highest BCUT2D eigenvalue weighted by Crippen LogP contribution is 2.30. The Balaban J connectivity index is 1.58. The monoisotopic (exact) mass is 412 g/mol. The number of sulfonamides is 1. The fourth-order valence-corrected chi connectivity index (χ4v) is 6.18. The summed E-state index contributed by atoms with van der Waals surface area (Å²) in [6.07, 6.45) is 5.80. The lowest BCUT2D eigenvalue weighted by atomic mass is 9.87. The van der Waals surface area contributed by atoms with Gasteiger partial charge in [0.05, 0.1) is 10.9 Å². The van der Waals surface area contributed by atoms with Gasteiger partial charge in [-0.2, -0.15) is 4.31 Å². The predicted molar refractivity (Wildman–Crippen MR) is 113 cm³/mol. The fraction of sp³-hybridized carbons (Fsp3) is 0.435. The molecule has 1 aliphatic heterocycles. The minimum Gasteiger partial charge on any atom is -0.345 e. The molecular formula is C23H28N2O3S. The molecule has 4 rings (SSSR count). The number of rotatable bonds is 4. The van der Waals surface area contributed by atoms with Crippen LogP contribution in [-0.4, -0.2) is 31.7 Å². The number of fused-ring (bicyclic) bond motifs is 1. The summed E-state index contributed by atoms with van der Waals surface area (Å²) in [5, 5.41) is 3.12. The molecule has 2 aromatic carbocycles. The standard InChI is InChI=1S/C23H28N2O3S/c1-17-12-13-19(16-22(17)29(27,28)25-14-5-2-6-15-25)23(26)24-21-11-7-9-18-8-3-4-10-20(18)21/h3-4,8,10,12-13,16,21H,2,5-7,9,11,14-15H2,1H3,(H,24,26)/t21-/m0/s1. The zero-order valence-corrected chi connectivity index (χ0v) is 17.7. The van der Waals surface area contributed by atoms with E-state index < -0.39 is 10.0 Å². The highest BCUT2D eigenvalue weighted by Gasteiger charge is 2.28. The van der Waals surface area contributed by atoms with Crippen molar-refractivity contribution in [2.75, 3.05) is 13.1 Å². The number of amides is 1. The molecule has 2 aliphatic rings. The number of nitrogens with zero attached hydrogens (tertiary/aromatic N) is 1. The Morgan fingerprint density at radius 2 is 1.79 bits per heavy atom. The lowest BCUT2D eigenvalue weighted by Crippen LogP contribution is -2.36. The number of hydrogen-bond donors (Lipinski definition) is 1. The first-order valence-electron chi connectivity index (χ1n) is 10.5. The smallest absolute Gasteiger partial charge is 0.251 e. The molecule has 29 heavy (non-hydrogen) atoms. The van der Waals surface area contributed by atoms with Crippen LogP contribution in [0.5, 0.6) is 0 Å². The molecule has 154 valence electrons. The SMILES string of the molecule is Cc1ccc(C(=O)N[C@H]2CCCc3ccccc32)cc1S(=O)(=O)N1CCCCC1. The van der Waals surface area contributed by atoms with Crippen molar-refractivity contribution < 1.29 is 13.2 Å². The van der Waals surface area contributed by atoms with Crippen LogP contribution < -0.4 is 5.32 Å². The molecule has 0 spiro atoms. The van der Waals surface area contributed by atoms with Gasteiger partial charge in [-0.25, -0.2) is 8.42 Å². The third-order valence-electron chi connectivity index (χ3n) is 6.06. The van der Waals surface area contributed by atoms with Crippen molar-refractivity contribution in [3.8, 4) is 0 Å². The summed E-state index contributed by atoms with van der Waals surface area (Å²) in [5.41, 5.74) is 3.52. The van der Waals surface area contributed by atoms with Crippen LogP contribution in [0.25, 0.3) is 0 Å². The van der Waals surface area contributed by atoms with E-state index in [1.54, 1.807) is 29.4 Å². The van der Waals surface area contributed by atoms with Crippen LogP contribution in [0.3, 0.4) is 0 Å². The summed E-state index contributed by atoms with van der Waals surface area (Å²) in [5.74, 6) is -0.221. The molecule has 2 aromatic rings. The van der Waals surface area contributed by atoms with Crippen LogP contribution in [-0.2, 0) is 16.4 Å². The topological polar surface area (TPSA) is 66.5 Å². The molecule has 1 atom stereocenters. The highest BCUT2D eigenvalue weighted by atomic mass is 32.2. The van der Waals surface area contributed by atoms with E-state index in [-0.39, 0.29) is 16.8 Å². The molecule has 0 unspecified atom stereocenters. The Bertz CT molecular complexity index is 1010. The maximum absolute atomic E-state index is 13.1. The normalized spacial score (nSPS) is 20.1. The Kier molecular flexibility index (Phi) is 5.74. The van der Waals surface area contributed by atoms with Gasteiger partial charge in [-0.05, 0) is 67.9 Å². The summed E-state index contributed by atoms with van der Waals surface area (Å²) < 4.78 is 27.8. The zero-order valence-electron chi connectivity index (χ0n) is 16.9. The van der Waals surface area contributed by atoms with Crippen LogP contribution in [0, 0.1) is 6.92 Å². The van der Waals surface area contributed by atoms with Gasteiger partial charge in [0.25, 0.3) is 5.91 Å². The molecule has 1 aliphatic carbocycles. The molecule has 0 bridgehead atoms. The number of benzene rings is 2. The lowest BCUT2D eigenvalue weighted by Gasteiger charge is -2.27. The number of nitrogens with one attached hydrogen (secondary N) is 1. The number of piperidine rings is 1. The molecule has 1 amide bonds. The minimum atomic E-state index is -3.58. The largest absolute Gasteiger partial charge is 0.345 e.